The van der Waals surface area contributed by atoms with E-state index < -0.39 is 71.7 Å². The lowest BCUT2D eigenvalue weighted by molar-refractivity contribution is -0.294. The van der Waals surface area contributed by atoms with Gasteiger partial charge in [0.15, 0.2) is 11.9 Å². The van der Waals surface area contributed by atoms with Gasteiger partial charge in [-0.3, -0.25) is 9.69 Å². The van der Waals surface area contributed by atoms with Gasteiger partial charge in [0.1, 0.15) is 18.0 Å². The summed E-state index contributed by atoms with van der Waals surface area (Å²) in [6.07, 6.45) is -0.547. The van der Waals surface area contributed by atoms with Gasteiger partial charge in [-0.25, -0.2) is 9.59 Å². The number of aliphatic hydroxyl groups is 1. The number of aryl methyl sites for hydroxylation is 1. The van der Waals surface area contributed by atoms with Gasteiger partial charge in [-0.15, -0.1) is 0 Å². The van der Waals surface area contributed by atoms with E-state index in [0.717, 1.165) is 11.1 Å². The number of Topliss-reactive ketones (excluding diaryl/α,β-unsaturated/α-hetero) is 1. The summed E-state index contributed by atoms with van der Waals surface area (Å²) in [5.41, 5.74) is 0.210. The van der Waals surface area contributed by atoms with Crippen molar-refractivity contribution in [1.29, 1.82) is 0 Å². The number of benzene rings is 1. The van der Waals surface area contributed by atoms with Crippen molar-refractivity contribution >= 4 is 17.8 Å². The number of methoxy groups -OCH3 is 1. The number of ether oxygens (including phenoxy) is 5. The smallest absolute Gasteiger partial charge is 0.410 e. The lowest BCUT2D eigenvalue weighted by Gasteiger charge is -2.47. The Balaban J connectivity index is 1.76. The fourth-order valence-corrected chi connectivity index (χ4v) is 8.62. The number of fused-ring (bicyclic) bond motifs is 1. The highest BCUT2D eigenvalue weighted by Gasteiger charge is 2.60. The SMILES string of the molecule is CC[C@H]1OC(=O)/C(C)=C/[C@H](C)[C@@H](O[C@@H]2O[C@H](C)C[C@H](N(C)C)[C@H]2O)[C@@](C)(OC)C[C@@H](C)C(=O)[C@H](C)[C@H]2N(CCc3ccc(C)cc3)C(=O)O[C@]12C. The maximum Gasteiger partial charge on any atom is 0.410 e. The minimum atomic E-state index is -1.29. The van der Waals surface area contributed by atoms with Gasteiger partial charge in [-0.05, 0) is 80.0 Å². The molecule has 0 unspecified atom stereocenters. The van der Waals surface area contributed by atoms with Gasteiger partial charge >= 0.3 is 12.1 Å². The van der Waals surface area contributed by atoms with Crippen LogP contribution in [0.1, 0.15) is 85.8 Å². The first-order chi connectivity index (χ1) is 23.9. The van der Waals surface area contributed by atoms with Crippen molar-refractivity contribution in [3.63, 3.8) is 0 Å². The lowest BCUT2D eigenvalue weighted by Crippen LogP contribution is -2.59. The second-order valence-electron chi connectivity index (χ2n) is 15.9. The van der Waals surface area contributed by atoms with Gasteiger partial charge < -0.3 is 33.7 Å². The van der Waals surface area contributed by atoms with Gasteiger partial charge in [-0.2, -0.15) is 0 Å². The second-order valence-corrected chi connectivity index (χ2v) is 15.9. The number of likely N-dealkylation sites (N-methyl/N-ethyl adjacent to an activating group) is 1. The van der Waals surface area contributed by atoms with Crippen LogP contribution in [0, 0.1) is 24.7 Å². The number of aliphatic hydroxyl groups excluding tert-OH is 1. The number of nitrogens with zero attached hydrogens (tertiary/aromatic N) is 2. The molecule has 4 rings (SSSR count). The summed E-state index contributed by atoms with van der Waals surface area (Å²) >= 11 is 0. The number of hydrogen-bond acceptors (Lipinski definition) is 10. The van der Waals surface area contributed by atoms with Crippen LogP contribution < -0.4 is 0 Å². The molecule has 1 amide bonds. The first-order valence-corrected chi connectivity index (χ1v) is 18.6. The molecule has 0 spiro atoms. The zero-order valence-electron chi connectivity index (χ0n) is 32.8. The molecule has 3 heterocycles. The third-order valence-corrected chi connectivity index (χ3v) is 11.5. The summed E-state index contributed by atoms with van der Waals surface area (Å²) in [6, 6.07) is 7.25. The molecule has 2 fully saturated rings. The van der Waals surface area contributed by atoms with E-state index in [2.05, 4.69) is 0 Å². The zero-order valence-corrected chi connectivity index (χ0v) is 32.8. The van der Waals surface area contributed by atoms with Crippen molar-refractivity contribution in [1.82, 2.24) is 9.80 Å². The molecule has 0 aromatic heterocycles. The van der Waals surface area contributed by atoms with Crippen LogP contribution in [0.5, 0.6) is 0 Å². The van der Waals surface area contributed by atoms with Crippen molar-refractivity contribution in [3.05, 3.63) is 47.0 Å². The summed E-state index contributed by atoms with van der Waals surface area (Å²) in [4.78, 5) is 45.7. The number of carbonyl (C=O) groups excluding carboxylic acids is 3. The van der Waals surface area contributed by atoms with Crippen molar-refractivity contribution < 1.29 is 43.2 Å². The highest BCUT2D eigenvalue weighted by atomic mass is 16.7. The van der Waals surface area contributed by atoms with Crippen LogP contribution >= 0.6 is 0 Å². The fraction of sp³-hybridized carbons (Fsp3) is 0.725. The zero-order chi connectivity index (χ0) is 38.0. The standard InChI is InChI=1S/C40H62N2O9/c1-13-31-40(9)34(42(38(46)51-40)19-18-29-16-14-23(2)15-17-29)28(7)32(43)26(5)22-39(8,47-12)35(24(3)20-25(4)36(45)49-31)50-37-33(44)30(41(10)11)21-27(6)48-37/h14-17,20,24,26-28,30-31,33-35,37,44H,13,18-19,21-22H2,1-12H3/b25-20+/t24-,26+,27+,28-,30-,31+,33+,34+,35+,37-,39-,40+/m0/s1. The van der Waals surface area contributed by atoms with Gasteiger partial charge in [0, 0.05) is 43.0 Å². The Kier molecular flexibility index (Phi) is 13.2. The summed E-state index contributed by atoms with van der Waals surface area (Å²) in [7, 11) is 5.42. The molecule has 286 valence electrons. The van der Waals surface area contributed by atoms with Crippen molar-refractivity contribution in [2.24, 2.45) is 17.8 Å². The molecular weight excluding hydrogens is 652 g/mol. The first-order valence-electron chi connectivity index (χ1n) is 18.6. The van der Waals surface area contributed by atoms with E-state index in [1.807, 2.05) is 91.7 Å². The normalized spacial score (nSPS) is 39.5. The molecule has 0 aliphatic carbocycles. The Hall–Kier alpha value is -2.83. The van der Waals surface area contributed by atoms with Gasteiger partial charge in [-0.1, -0.05) is 63.6 Å². The molecule has 3 aliphatic rings. The molecule has 1 aromatic carbocycles. The van der Waals surface area contributed by atoms with Crippen LogP contribution in [0.2, 0.25) is 0 Å². The first kappa shape index (κ1) is 40.9. The Morgan fingerprint density at radius 3 is 2.27 bits per heavy atom. The summed E-state index contributed by atoms with van der Waals surface area (Å²) < 4.78 is 31.4. The molecule has 1 aromatic rings. The molecule has 3 aliphatic heterocycles. The molecule has 11 nitrogen and oxygen atoms in total. The second kappa shape index (κ2) is 16.5. The van der Waals surface area contributed by atoms with Crippen LogP contribution in [-0.4, -0.2) is 114 Å². The highest BCUT2D eigenvalue weighted by molar-refractivity contribution is 5.88. The van der Waals surface area contributed by atoms with E-state index >= 15 is 0 Å². The molecule has 12 atom stereocenters. The molecule has 2 saturated heterocycles. The summed E-state index contributed by atoms with van der Waals surface area (Å²) in [5, 5.41) is 11.4. The van der Waals surface area contributed by atoms with Crippen molar-refractivity contribution in [3.8, 4) is 0 Å². The average molecular weight is 715 g/mol. The number of rotatable bonds is 8. The molecule has 11 heteroatoms. The van der Waals surface area contributed by atoms with Crippen molar-refractivity contribution in [2.45, 2.75) is 142 Å². The average Bonchev–Trinajstić information content (AvgIpc) is 3.34. The number of carbonyl (C=O) groups is 3. The van der Waals surface area contributed by atoms with Crippen LogP contribution in [0.25, 0.3) is 0 Å². The molecule has 51 heavy (non-hydrogen) atoms. The maximum absolute atomic E-state index is 14.6. The molecule has 0 radical (unpaired) electrons. The number of esters is 1. The Morgan fingerprint density at radius 1 is 1.04 bits per heavy atom. The highest BCUT2D eigenvalue weighted by Crippen LogP contribution is 2.43. The van der Waals surface area contributed by atoms with Crippen LogP contribution in [0.3, 0.4) is 0 Å². The molecule has 0 bridgehead atoms. The van der Waals surface area contributed by atoms with E-state index in [4.69, 9.17) is 23.7 Å². The predicted octanol–water partition coefficient (Wildman–Crippen LogP) is 5.48. The van der Waals surface area contributed by atoms with E-state index in [1.165, 1.54) is 0 Å². The Labute approximate surface area is 304 Å². The summed E-state index contributed by atoms with van der Waals surface area (Å²) in [5.74, 6) is -2.26. The predicted molar refractivity (Wildman–Crippen MR) is 194 cm³/mol. The quantitative estimate of drug-likeness (QED) is 0.346. The Bertz CT molecular complexity index is 1410. The van der Waals surface area contributed by atoms with Crippen LogP contribution in [-0.2, 0) is 39.7 Å². The van der Waals surface area contributed by atoms with Gasteiger partial charge in [0.05, 0.1) is 23.9 Å². The van der Waals surface area contributed by atoms with Crippen LogP contribution in [0.15, 0.2) is 35.9 Å². The van der Waals surface area contributed by atoms with Crippen LogP contribution in [0.4, 0.5) is 4.79 Å². The molecular formula is C40H62N2O9. The minimum Gasteiger partial charge on any atom is -0.455 e. The fourth-order valence-electron chi connectivity index (χ4n) is 8.62. The largest absolute Gasteiger partial charge is 0.455 e. The van der Waals surface area contributed by atoms with E-state index in [9.17, 15) is 19.5 Å². The van der Waals surface area contributed by atoms with Gasteiger partial charge in [0.25, 0.3) is 0 Å². The third-order valence-electron chi connectivity index (χ3n) is 11.5. The lowest BCUT2D eigenvalue weighted by atomic mass is 9.74. The molecule has 1 N–H and O–H groups in total. The van der Waals surface area contributed by atoms with E-state index in [1.54, 1.807) is 31.9 Å². The number of hydrogen-bond donors (Lipinski definition) is 1. The summed E-state index contributed by atoms with van der Waals surface area (Å²) in [6.45, 7) is 17.2. The minimum absolute atomic E-state index is 0.0697. The number of amides is 1. The monoisotopic (exact) mass is 714 g/mol. The van der Waals surface area contributed by atoms with E-state index in [-0.39, 0.29) is 24.3 Å². The Morgan fingerprint density at radius 2 is 1.69 bits per heavy atom. The van der Waals surface area contributed by atoms with Gasteiger partial charge in [0.2, 0.25) is 0 Å². The number of cyclic esters (lactones) is 1. The topological polar surface area (TPSA) is 124 Å². The van der Waals surface area contributed by atoms with Crippen molar-refractivity contribution in [2.75, 3.05) is 27.7 Å². The maximum atomic E-state index is 14.6. The van der Waals surface area contributed by atoms with E-state index in [0.29, 0.717) is 31.4 Å². The number of ketones is 1. The molecule has 0 saturated carbocycles. The third kappa shape index (κ3) is 8.70.